The fourth-order valence-electron chi connectivity index (χ4n) is 2.63. The van der Waals surface area contributed by atoms with E-state index in [-0.39, 0.29) is 28.2 Å². The fraction of sp³-hybridized carbons (Fsp3) is 0.0667. The highest BCUT2D eigenvalue weighted by Gasteiger charge is 2.32. The second-order valence-electron chi connectivity index (χ2n) is 5.03. The number of rotatable bonds is 2. The van der Waals surface area contributed by atoms with Crippen LogP contribution in [0, 0.1) is 6.92 Å². The van der Waals surface area contributed by atoms with Crippen LogP contribution in [-0.4, -0.2) is 27.5 Å². The number of carbonyl (C=O) groups excluding carboxylic acids is 2. The molecule has 8 nitrogen and oxygen atoms in total. The molecule has 4 N–H and O–H groups in total. The monoisotopic (exact) mass is 313 g/mol. The minimum atomic E-state index is -1.15. The van der Waals surface area contributed by atoms with Gasteiger partial charge in [0.25, 0.3) is 17.4 Å². The summed E-state index contributed by atoms with van der Waals surface area (Å²) < 4.78 is 1.03. The Labute approximate surface area is 129 Å². The number of nitrogens with one attached hydrogen (secondary N) is 1. The Morgan fingerprint density at radius 2 is 1.91 bits per heavy atom. The lowest BCUT2D eigenvalue weighted by Gasteiger charge is -2.15. The van der Waals surface area contributed by atoms with Gasteiger partial charge in [0.1, 0.15) is 5.82 Å². The van der Waals surface area contributed by atoms with E-state index in [2.05, 4.69) is 5.32 Å². The number of aromatic nitrogens is 1. The smallest absolute Gasteiger partial charge is 0.336 e. The Balaban J connectivity index is 2.36. The third-order valence-electron chi connectivity index (χ3n) is 3.73. The highest BCUT2D eigenvalue weighted by molar-refractivity contribution is 6.23. The molecule has 23 heavy (non-hydrogen) atoms. The van der Waals surface area contributed by atoms with Crippen molar-refractivity contribution < 1.29 is 19.5 Å². The van der Waals surface area contributed by atoms with Crippen molar-refractivity contribution in [2.75, 3.05) is 5.73 Å². The van der Waals surface area contributed by atoms with Crippen LogP contribution in [-0.2, 0) is 0 Å². The molecule has 1 aromatic heterocycles. The first-order chi connectivity index (χ1) is 10.8. The maximum atomic E-state index is 12.3. The number of amides is 2. The topological polar surface area (TPSA) is 131 Å². The maximum Gasteiger partial charge on any atom is 0.336 e. The van der Waals surface area contributed by atoms with Gasteiger partial charge < -0.3 is 10.8 Å². The summed E-state index contributed by atoms with van der Waals surface area (Å²) >= 11 is 0. The molecule has 2 aromatic rings. The summed E-state index contributed by atoms with van der Waals surface area (Å²) in [5, 5.41) is 11.2. The summed E-state index contributed by atoms with van der Waals surface area (Å²) in [4.78, 5) is 47.0. The van der Waals surface area contributed by atoms with Crippen LogP contribution in [0.15, 0.2) is 29.1 Å². The molecule has 0 saturated carbocycles. The lowest BCUT2D eigenvalue weighted by molar-refractivity contribution is 0.0695. The summed E-state index contributed by atoms with van der Waals surface area (Å²) in [6.45, 7) is 1.53. The molecule has 3 rings (SSSR count). The van der Waals surface area contributed by atoms with Gasteiger partial charge in [0.2, 0.25) is 0 Å². The van der Waals surface area contributed by atoms with Gasteiger partial charge in [0.15, 0.2) is 0 Å². The average Bonchev–Trinajstić information content (AvgIpc) is 2.75. The highest BCUT2D eigenvalue weighted by Crippen LogP contribution is 2.25. The zero-order valence-corrected chi connectivity index (χ0v) is 11.9. The summed E-state index contributed by atoms with van der Waals surface area (Å²) in [5.74, 6) is -2.73. The van der Waals surface area contributed by atoms with Gasteiger partial charge in [0.05, 0.1) is 22.4 Å². The number of aromatic carboxylic acids is 1. The Bertz CT molecular complexity index is 958. The Morgan fingerprint density at radius 3 is 2.57 bits per heavy atom. The van der Waals surface area contributed by atoms with Gasteiger partial charge in [-0.15, -0.1) is 0 Å². The van der Waals surface area contributed by atoms with Crippen molar-refractivity contribution >= 4 is 23.6 Å². The minimum Gasteiger partial charge on any atom is -0.478 e. The number of nitrogens with zero attached hydrogens (tertiary/aromatic N) is 1. The lowest BCUT2D eigenvalue weighted by Crippen LogP contribution is -2.25. The van der Waals surface area contributed by atoms with Crippen LogP contribution in [0.25, 0.3) is 5.69 Å². The SMILES string of the molecule is Cc1c(C(=O)O)cccc1-n1c(N)c2c(cc1=O)C(=O)NC2=O. The zero-order chi connectivity index (χ0) is 16.9. The number of nitrogen functional groups attached to an aromatic ring is 1. The summed E-state index contributed by atoms with van der Waals surface area (Å²) in [6, 6.07) is 5.39. The van der Waals surface area contributed by atoms with Crippen LogP contribution in [0.4, 0.5) is 5.82 Å². The normalized spacial score (nSPS) is 12.9. The molecule has 0 aliphatic carbocycles. The summed E-state index contributed by atoms with van der Waals surface area (Å²) in [6.07, 6.45) is 0. The van der Waals surface area contributed by atoms with Crippen molar-refractivity contribution in [3.8, 4) is 5.69 Å². The van der Waals surface area contributed by atoms with Gasteiger partial charge in [-0.05, 0) is 24.6 Å². The number of hydrogen-bond donors (Lipinski definition) is 3. The number of carboxylic acid groups (broad SMARTS) is 1. The molecule has 116 valence electrons. The van der Waals surface area contributed by atoms with Crippen molar-refractivity contribution in [2.24, 2.45) is 0 Å². The van der Waals surface area contributed by atoms with Crippen LogP contribution in [0.1, 0.15) is 36.6 Å². The third-order valence-corrected chi connectivity index (χ3v) is 3.73. The molecule has 2 amide bonds. The number of carboxylic acids is 1. The number of anilines is 1. The van der Waals surface area contributed by atoms with E-state index in [4.69, 9.17) is 5.73 Å². The van der Waals surface area contributed by atoms with Gasteiger partial charge in [-0.25, -0.2) is 4.79 Å². The van der Waals surface area contributed by atoms with E-state index in [1.54, 1.807) is 0 Å². The molecule has 1 aromatic carbocycles. The molecular formula is C15H11N3O5. The van der Waals surface area contributed by atoms with Crippen molar-refractivity contribution in [1.29, 1.82) is 0 Å². The Morgan fingerprint density at radius 1 is 1.22 bits per heavy atom. The van der Waals surface area contributed by atoms with E-state index < -0.39 is 23.3 Å². The van der Waals surface area contributed by atoms with Gasteiger partial charge in [-0.2, -0.15) is 0 Å². The van der Waals surface area contributed by atoms with Crippen LogP contribution in [0.3, 0.4) is 0 Å². The Hall–Kier alpha value is -3.42. The van der Waals surface area contributed by atoms with E-state index in [1.807, 2.05) is 0 Å². The minimum absolute atomic E-state index is 0.00910. The van der Waals surface area contributed by atoms with E-state index in [9.17, 15) is 24.3 Å². The van der Waals surface area contributed by atoms with Gasteiger partial charge in [0, 0.05) is 6.07 Å². The lowest BCUT2D eigenvalue weighted by atomic mass is 10.1. The van der Waals surface area contributed by atoms with E-state index in [0.29, 0.717) is 5.56 Å². The molecule has 0 bridgehead atoms. The van der Waals surface area contributed by atoms with Crippen molar-refractivity contribution in [3.05, 3.63) is 56.9 Å². The van der Waals surface area contributed by atoms with Crippen LogP contribution < -0.4 is 16.6 Å². The Kier molecular flexibility index (Phi) is 3.03. The standard InChI is InChI=1S/C15H11N3O5/c1-6-7(15(22)23)3-2-4-9(6)18-10(19)5-8-11(12(18)16)14(21)17-13(8)20/h2-5H,16H2,1H3,(H,22,23)(H,17,20,21). The number of carbonyl (C=O) groups is 3. The number of fused-ring (bicyclic) bond motifs is 1. The number of imide groups is 1. The first kappa shape index (κ1) is 14.5. The zero-order valence-electron chi connectivity index (χ0n) is 11.9. The van der Waals surface area contributed by atoms with Crippen molar-refractivity contribution in [3.63, 3.8) is 0 Å². The van der Waals surface area contributed by atoms with E-state index in [0.717, 1.165) is 10.6 Å². The highest BCUT2D eigenvalue weighted by atomic mass is 16.4. The van der Waals surface area contributed by atoms with Crippen LogP contribution in [0.2, 0.25) is 0 Å². The van der Waals surface area contributed by atoms with E-state index in [1.165, 1.54) is 25.1 Å². The molecule has 2 heterocycles. The molecule has 0 atom stereocenters. The molecule has 0 saturated heterocycles. The second-order valence-corrected chi connectivity index (χ2v) is 5.03. The van der Waals surface area contributed by atoms with Crippen LogP contribution >= 0.6 is 0 Å². The summed E-state index contributed by atoms with van der Waals surface area (Å²) in [5.41, 5.74) is 5.68. The molecule has 1 aliphatic heterocycles. The molecular weight excluding hydrogens is 302 g/mol. The van der Waals surface area contributed by atoms with E-state index >= 15 is 0 Å². The molecule has 1 aliphatic rings. The molecule has 0 spiro atoms. The van der Waals surface area contributed by atoms with Crippen molar-refractivity contribution in [1.82, 2.24) is 9.88 Å². The van der Waals surface area contributed by atoms with Crippen molar-refractivity contribution in [2.45, 2.75) is 6.92 Å². The molecule has 8 heteroatoms. The number of pyridine rings is 1. The molecule has 0 fully saturated rings. The van der Waals surface area contributed by atoms with Gasteiger partial charge in [-0.1, -0.05) is 6.07 Å². The second kappa shape index (κ2) is 4.80. The number of nitrogens with two attached hydrogens (primary N) is 1. The predicted octanol–water partition coefficient (Wildman–Crippen LogP) is 0.310. The average molecular weight is 313 g/mol. The quantitative estimate of drug-likeness (QED) is 0.684. The first-order valence-corrected chi connectivity index (χ1v) is 6.57. The molecule has 0 radical (unpaired) electrons. The fourth-order valence-corrected chi connectivity index (χ4v) is 2.63. The number of hydrogen-bond acceptors (Lipinski definition) is 5. The number of benzene rings is 1. The largest absolute Gasteiger partial charge is 0.478 e. The summed E-state index contributed by atoms with van der Waals surface area (Å²) in [7, 11) is 0. The maximum absolute atomic E-state index is 12.3. The predicted molar refractivity (Wildman–Crippen MR) is 79.9 cm³/mol. The molecule has 0 unspecified atom stereocenters. The van der Waals surface area contributed by atoms with Gasteiger partial charge in [-0.3, -0.25) is 24.3 Å². The first-order valence-electron chi connectivity index (χ1n) is 6.57. The third kappa shape index (κ3) is 2.00. The van der Waals surface area contributed by atoms with Gasteiger partial charge >= 0.3 is 5.97 Å². The van der Waals surface area contributed by atoms with Crippen LogP contribution in [0.5, 0.6) is 0 Å².